The first-order valence-electron chi connectivity index (χ1n) is 3.72. The van der Waals surface area contributed by atoms with E-state index in [4.69, 9.17) is 21.8 Å². The number of oxazole rings is 1. The maximum absolute atomic E-state index is 5.81. The van der Waals surface area contributed by atoms with Gasteiger partial charge in [-0.3, -0.25) is 0 Å². The van der Waals surface area contributed by atoms with E-state index < -0.39 is 0 Å². The van der Waals surface area contributed by atoms with Crippen molar-refractivity contribution in [1.82, 2.24) is 4.98 Å². The summed E-state index contributed by atoms with van der Waals surface area (Å²) in [6.45, 7) is 0. The van der Waals surface area contributed by atoms with Crippen molar-refractivity contribution in [1.29, 1.82) is 0 Å². The molecule has 2 rings (SSSR count). The Kier molecular flexibility index (Phi) is 1.94. The normalized spacial score (nSPS) is 10.2. The molecule has 0 amide bonds. The van der Waals surface area contributed by atoms with E-state index in [0.29, 0.717) is 10.7 Å². The van der Waals surface area contributed by atoms with Gasteiger partial charge in [0.05, 0.1) is 0 Å². The summed E-state index contributed by atoms with van der Waals surface area (Å²) in [5, 5.41) is 0.666. The number of rotatable bonds is 1. The lowest BCUT2D eigenvalue weighted by Crippen LogP contribution is -1.83. The van der Waals surface area contributed by atoms with Crippen molar-refractivity contribution in [3.8, 4) is 11.3 Å². The maximum atomic E-state index is 5.81. The van der Waals surface area contributed by atoms with Gasteiger partial charge in [-0.2, -0.15) is 4.98 Å². The van der Waals surface area contributed by atoms with E-state index in [1.165, 1.54) is 6.26 Å². The molecular formula is C9H7ClN2O. The zero-order valence-corrected chi connectivity index (χ0v) is 7.45. The van der Waals surface area contributed by atoms with Crippen LogP contribution in [0.15, 0.2) is 34.9 Å². The molecule has 3 nitrogen and oxygen atoms in total. The first-order chi connectivity index (χ1) is 6.25. The zero-order chi connectivity index (χ0) is 9.26. The standard InChI is InChI=1S/C9H7ClN2O/c10-7-3-1-2-6(4-7)8-5-13-9(11)12-8/h1-5H,(H2,11,12). The largest absolute Gasteiger partial charge is 0.432 e. The molecule has 0 saturated carbocycles. The van der Waals surface area contributed by atoms with Crippen LogP contribution in [0, 0.1) is 0 Å². The third kappa shape index (κ3) is 1.65. The summed E-state index contributed by atoms with van der Waals surface area (Å²) in [6, 6.07) is 7.51. The van der Waals surface area contributed by atoms with Gasteiger partial charge in [-0.15, -0.1) is 0 Å². The van der Waals surface area contributed by atoms with Crippen molar-refractivity contribution < 1.29 is 4.42 Å². The van der Waals surface area contributed by atoms with Gasteiger partial charge in [-0.25, -0.2) is 0 Å². The third-order valence-electron chi connectivity index (χ3n) is 1.64. The quantitative estimate of drug-likeness (QED) is 0.759. The molecule has 66 valence electrons. The lowest BCUT2D eigenvalue weighted by molar-refractivity contribution is 0.581. The summed E-state index contributed by atoms with van der Waals surface area (Å²) < 4.78 is 4.88. The van der Waals surface area contributed by atoms with Crippen molar-refractivity contribution >= 4 is 17.6 Å². The number of nitrogens with zero attached hydrogens (tertiary/aromatic N) is 1. The van der Waals surface area contributed by atoms with Gasteiger partial charge in [-0.05, 0) is 12.1 Å². The van der Waals surface area contributed by atoms with Crippen LogP contribution in [0.25, 0.3) is 11.3 Å². The summed E-state index contributed by atoms with van der Waals surface area (Å²) >= 11 is 5.81. The summed E-state index contributed by atoms with van der Waals surface area (Å²) in [6.07, 6.45) is 1.50. The minimum atomic E-state index is 0.162. The van der Waals surface area contributed by atoms with E-state index in [0.717, 1.165) is 5.56 Å². The highest BCUT2D eigenvalue weighted by Gasteiger charge is 2.03. The van der Waals surface area contributed by atoms with Crippen molar-refractivity contribution in [2.45, 2.75) is 0 Å². The molecule has 0 atom stereocenters. The number of halogens is 1. The molecule has 0 bridgehead atoms. The molecule has 0 spiro atoms. The first kappa shape index (κ1) is 8.13. The molecule has 0 fully saturated rings. The number of nitrogens with two attached hydrogens (primary N) is 1. The Balaban J connectivity index is 2.46. The van der Waals surface area contributed by atoms with Crippen LogP contribution in [0.2, 0.25) is 5.02 Å². The first-order valence-corrected chi connectivity index (χ1v) is 4.10. The van der Waals surface area contributed by atoms with E-state index in [1.807, 2.05) is 12.1 Å². The fourth-order valence-electron chi connectivity index (χ4n) is 1.07. The highest BCUT2D eigenvalue weighted by molar-refractivity contribution is 6.30. The van der Waals surface area contributed by atoms with Crippen molar-refractivity contribution in [2.75, 3.05) is 5.73 Å². The van der Waals surface area contributed by atoms with Gasteiger partial charge in [-0.1, -0.05) is 23.7 Å². The number of hydrogen-bond acceptors (Lipinski definition) is 3. The molecule has 2 N–H and O–H groups in total. The number of aromatic nitrogens is 1. The molecule has 0 saturated heterocycles. The molecule has 0 aliphatic rings. The number of nitrogen functional groups attached to an aromatic ring is 1. The molecule has 0 aliphatic heterocycles. The summed E-state index contributed by atoms with van der Waals surface area (Å²) in [5.41, 5.74) is 6.93. The monoisotopic (exact) mass is 194 g/mol. The van der Waals surface area contributed by atoms with Crippen molar-refractivity contribution in [3.05, 3.63) is 35.6 Å². The molecule has 1 aromatic carbocycles. The predicted molar refractivity (Wildman–Crippen MR) is 51.4 cm³/mol. The molecule has 13 heavy (non-hydrogen) atoms. The number of hydrogen-bond donors (Lipinski definition) is 1. The number of anilines is 1. The van der Waals surface area contributed by atoms with Crippen LogP contribution in [0.4, 0.5) is 6.01 Å². The van der Waals surface area contributed by atoms with Gasteiger partial charge < -0.3 is 10.2 Å². The van der Waals surface area contributed by atoms with Gasteiger partial charge in [0.2, 0.25) is 0 Å². The number of benzene rings is 1. The molecule has 1 heterocycles. The van der Waals surface area contributed by atoms with Crippen LogP contribution in [0.5, 0.6) is 0 Å². The minimum Gasteiger partial charge on any atom is -0.432 e. The summed E-state index contributed by atoms with van der Waals surface area (Å²) in [7, 11) is 0. The molecule has 0 aliphatic carbocycles. The molecule has 0 radical (unpaired) electrons. The Morgan fingerprint density at radius 2 is 2.23 bits per heavy atom. The highest BCUT2D eigenvalue weighted by atomic mass is 35.5. The van der Waals surface area contributed by atoms with E-state index in [9.17, 15) is 0 Å². The Bertz CT molecular complexity index is 425. The highest BCUT2D eigenvalue weighted by Crippen LogP contribution is 2.22. The average molecular weight is 195 g/mol. The lowest BCUT2D eigenvalue weighted by Gasteiger charge is -1.94. The van der Waals surface area contributed by atoms with Crippen LogP contribution in [-0.4, -0.2) is 4.98 Å². The summed E-state index contributed by atoms with van der Waals surface area (Å²) in [4.78, 5) is 3.97. The van der Waals surface area contributed by atoms with E-state index in [2.05, 4.69) is 4.98 Å². The van der Waals surface area contributed by atoms with Crippen LogP contribution in [0.1, 0.15) is 0 Å². The molecule has 0 unspecified atom stereocenters. The fraction of sp³-hybridized carbons (Fsp3) is 0. The smallest absolute Gasteiger partial charge is 0.292 e. The molecular weight excluding hydrogens is 188 g/mol. The summed E-state index contributed by atoms with van der Waals surface area (Å²) in [5.74, 6) is 0. The molecule has 2 aromatic rings. The third-order valence-corrected chi connectivity index (χ3v) is 1.88. The van der Waals surface area contributed by atoms with Crippen molar-refractivity contribution in [2.24, 2.45) is 0 Å². The van der Waals surface area contributed by atoms with E-state index in [-0.39, 0.29) is 6.01 Å². The second kappa shape index (κ2) is 3.11. The van der Waals surface area contributed by atoms with Crippen molar-refractivity contribution in [3.63, 3.8) is 0 Å². The van der Waals surface area contributed by atoms with E-state index in [1.54, 1.807) is 12.1 Å². The average Bonchev–Trinajstić information content (AvgIpc) is 2.52. The lowest BCUT2D eigenvalue weighted by atomic mass is 10.2. The Morgan fingerprint density at radius 3 is 2.85 bits per heavy atom. The zero-order valence-electron chi connectivity index (χ0n) is 6.70. The molecule has 1 aromatic heterocycles. The Morgan fingerprint density at radius 1 is 1.38 bits per heavy atom. The minimum absolute atomic E-state index is 0.162. The van der Waals surface area contributed by atoms with Crippen LogP contribution >= 0.6 is 11.6 Å². The van der Waals surface area contributed by atoms with Gasteiger partial charge >= 0.3 is 0 Å². The second-order valence-corrected chi connectivity index (χ2v) is 3.02. The van der Waals surface area contributed by atoms with Crippen LogP contribution in [0.3, 0.4) is 0 Å². The van der Waals surface area contributed by atoms with Gasteiger partial charge in [0.15, 0.2) is 0 Å². The van der Waals surface area contributed by atoms with Gasteiger partial charge in [0, 0.05) is 10.6 Å². The molecule has 4 heteroatoms. The van der Waals surface area contributed by atoms with Gasteiger partial charge in [0.25, 0.3) is 6.01 Å². The predicted octanol–water partition coefficient (Wildman–Crippen LogP) is 2.58. The second-order valence-electron chi connectivity index (χ2n) is 2.58. The van der Waals surface area contributed by atoms with Crippen LogP contribution in [-0.2, 0) is 0 Å². The maximum Gasteiger partial charge on any atom is 0.292 e. The van der Waals surface area contributed by atoms with E-state index >= 15 is 0 Å². The topological polar surface area (TPSA) is 52.0 Å². The van der Waals surface area contributed by atoms with Crippen LogP contribution < -0.4 is 5.73 Å². The SMILES string of the molecule is Nc1nc(-c2cccc(Cl)c2)co1. The fourth-order valence-corrected chi connectivity index (χ4v) is 1.26. The Hall–Kier alpha value is -1.48. The van der Waals surface area contributed by atoms with Gasteiger partial charge in [0.1, 0.15) is 12.0 Å². The Labute approximate surface area is 80.1 Å².